The molecule has 56 valence electrons. The van der Waals surface area contributed by atoms with Gasteiger partial charge in [-0.2, -0.15) is 0 Å². The molecule has 0 spiro atoms. The zero-order chi connectivity index (χ0) is 7.14. The molecule has 0 bridgehead atoms. The van der Waals surface area contributed by atoms with Crippen LogP contribution in [0.25, 0.3) is 0 Å². The molecule has 4 nitrogen and oxygen atoms in total. The van der Waals surface area contributed by atoms with E-state index in [0.717, 1.165) is 0 Å². The van der Waals surface area contributed by atoms with Gasteiger partial charge in [0.15, 0.2) is 0 Å². The molecule has 2 saturated heterocycles. The van der Waals surface area contributed by atoms with Crippen LogP contribution in [0.4, 0.5) is 0 Å². The molecule has 0 aliphatic carbocycles. The maximum atomic E-state index is 10.7. The first-order chi connectivity index (χ1) is 4.81. The third-order valence-corrected chi connectivity index (χ3v) is 1.97. The quantitative estimate of drug-likeness (QED) is 0.476. The predicted molar refractivity (Wildman–Crippen MR) is 32.1 cm³/mol. The lowest BCUT2D eigenvalue weighted by molar-refractivity contribution is -0.156. The molecule has 0 unspecified atom stereocenters. The number of nitrogens with zero attached hydrogens (tertiary/aromatic N) is 1. The highest BCUT2D eigenvalue weighted by atomic mass is 16.5. The lowest BCUT2D eigenvalue weighted by Gasteiger charge is -2.31. The van der Waals surface area contributed by atoms with Crippen molar-refractivity contribution in [2.45, 2.75) is 18.8 Å². The largest absolute Gasteiger partial charge is 0.394 e. The van der Waals surface area contributed by atoms with E-state index in [4.69, 9.17) is 9.84 Å². The summed E-state index contributed by atoms with van der Waals surface area (Å²) in [5, 5.41) is 8.65. The fourth-order valence-corrected chi connectivity index (χ4v) is 1.35. The molecule has 1 N–H and O–H groups in total. The number of ether oxygens (including phenoxy) is 1. The molecule has 0 aromatic rings. The van der Waals surface area contributed by atoms with E-state index in [1.807, 2.05) is 0 Å². The number of hydrogen-bond donors (Lipinski definition) is 1. The molecule has 2 rings (SSSR count). The van der Waals surface area contributed by atoms with E-state index in [0.29, 0.717) is 13.0 Å². The Bertz CT molecular complexity index is 170. The van der Waals surface area contributed by atoms with Crippen molar-refractivity contribution >= 4 is 5.91 Å². The minimum absolute atomic E-state index is 0.0142. The van der Waals surface area contributed by atoms with Crippen molar-refractivity contribution in [2.75, 3.05) is 13.2 Å². The van der Waals surface area contributed by atoms with Crippen LogP contribution < -0.4 is 0 Å². The topological polar surface area (TPSA) is 49.8 Å². The number of rotatable bonds is 1. The summed E-state index contributed by atoms with van der Waals surface area (Å²) in [7, 11) is 0. The van der Waals surface area contributed by atoms with Crippen LogP contribution in [0.1, 0.15) is 6.42 Å². The molecule has 2 atom stereocenters. The highest BCUT2D eigenvalue weighted by molar-refractivity contribution is 5.82. The van der Waals surface area contributed by atoms with Gasteiger partial charge in [0.25, 0.3) is 0 Å². The van der Waals surface area contributed by atoms with Crippen LogP contribution in [0, 0.1) is 0 Å². The third-order valence-electron chi connectivity index (χ3n) is 1.97. The van der Waals surface area contributed by atoms with Crippen LogP contribution in [0.15, 0.2) is 0 Å². The second kappa shape index (κ2) is 1.93. The summed E-state index contributed by atoms with van der Waals surface area (Å²) in [6.45, 7) is 0.584. The van der Waals surface area contributed by atoms with Gasteiger partial charge in [-0.15, -0.1) is 0 Å². The number of hydrogen-bond acceptors (Lipinski definition) is 3. The van der Waals surface area contributed by atoms with Crippen molar-refractivity contribution < 1.29 is 14.6 Å². The monoisotopic (exact) mass is 143 g/mol. The number of amides is 1. The number of β-lactam (4-membered cyclic amide) rings is 1. The second-order valence-electron chi connectivity index (χ2n) is 2.65. The van der Waals surface area contributed by atoms with Gasteiger partial charge in [0.05, 0.1) is 19.6 Å². The third kappa shape index (κ3) is 0.660. The van der Waals surface area contributed by atoms with Crippen molar-refractivity contribution in [1.82, 2.24) is 4.90 Å². The van der Waals surface area contributed by atoms with E-state index >= 15 is 0 Å². The molecular formula is C6H9NO3. The Labute approximate surface area is 58.4 Å². The molecule has 10 heavy (non-hydrogen) atoms. The second-order valence-corrected chi connectivity index (χ2v) is 2.65. The predicted octanol–water partition coefficient (Wildman–Crippen LogP) is -1.06. The smallest absolute Gasteiger partial charge is 0.229 e. The van der Waals surface area contributed by atoms with E-state index in [-0.39, 0.29) is 24.8 Å². The lowest BCUT2D eigenvalue weighted by Crippen LogP contribution is -2.48. The van der Waals surface area contributed by atoms with Crippen LogP contribution >= 0.6 is 0 Å². The summed E-state index contributed by atoms with van der Waals surface area (Å²) in [5.74, 6) is 0.140. The Hall–Kier alpha value is -0.610. The highest BCUT2D eigenvalue weighted by Gasteiger charge is 2.44. The number of carbonyl (C=O) groups is 1. The maximum Gasteiger partial charge on any atom is 0.229 e. The zero-order valence-corrected chi connectivity index (χ0v) is 5.49. The zero-order valence-electron chi connectivity index (χ0n) is 5.49. The van der Waals surface area contributed by atoms with Gasteiger partial charge in [-0.1, -0.05) is 0 Å². The van der Waals surface area contributed by atoms with E-state index < -0.39 is 0 Å². The Morgan fingerprint density at radius 2 is 2.60 bits per heavy atom. The standard InChI is InChI=1S/C6H9NO3/c8-3-4-2-7-5(9)1-6(7)10-4/h4,6,8H,1-3H2/t4-,6-/m1/s1. The van der Waals surface area contributed by atoms with Crippen molar-refractivity contribution in [3.63, 3.8) is 0 Å². The molecule has 4 heteroatoms. The van der Waals surface area contributed by atoms with Crippen LogP contribution in [-0.2, 0) is 9.53 Å². The van der Waals surface area contributed by atoms with Crippen LogP contribution in [0.2, 0.25) is 0 Å². The Morgan fingerprint density at radius 1 is 1.80 bits per heavy atom. The molecule has 0 aromatic carbocycles. The molecule has 2 aliphatic heterocycles. The van der Waals surface area contributed by atoms with Crippen molar-refractivity contribution in [3.8, 4) is 0 Å². The Kier molecular flexibility index (Phi) is 1.18. The normalized spacial score (nSPS) is 37.7. The summed E-state index contributed by atoms with van der Waals surface area (Å²) in [5.41, 5.74) is 0. The van der Waals surface area contributed by atoms with Crippen molar-refractivity contribution in [1.29, 1.82) is 0 Å². The number of aliphatic hydroxyl groups is 1. The first-order valence-electron chi connectivity index (χ1n) is 3.37. The van der Waals surface area contributed by atoms with Crippen LogP contribution in [0.5, 0.6) is 0 Å². The fourth-order valence-electron chi connectivity index (χ4n) is 1.35. The molecule has 0 saturated carbocycles. The van der Waals surface area contributed by atoms with Gasteiger partial charge < -0.3 is 14.7 Å². The van der Waals surface area contributed by atoms with Gasteiger partial charge in [0.2, 0.25) is 5.91 Å². The van der Waals surface area contributed by atoms with Gasteiger partial charge in [-0.3, -0.25) is 4.79 Å². The first kappa shape index (κ1) is 6.12. The van der Waals surface area contributed by atoms with Crippen LogP contribution in [0.3, 0.4) is 0 Å². The molecular weight excluding hydrogens is 134 g/mol. The lowest BCUT2D eigenvalue weighted by atomic mass is 10.2. The molecule has 1 amide bonds. The van der Waals surface area contributed by atoms with E-state index in [2.05, 4.69) is 0 Å². The number of aliphatic hydroxyl groups excluding tert-OH is 1. The minimum atomic E-state index is -0.142. The first-order valence-corrected chi connectivity index (χ1v) is 3.37. The SMILES string of the molecule is O=C1C[C@H]2O[C@@H](CO)CN12. The van der Waals surface area contributed by atoms with E-state index in [1.165, 1.54) is 0 Å². The van der Waals surface area contributed by atoms with E-state index in [1.54, 1.807) is 4.90 Å². The Balaban J connectivity index is 1.99. The highest BCUT2D eigenvalue weighted by Crippen LogP contribution is 2.27. The van der Waals surface area contributed by atoms with Crippen molar-refractivity contribution in [3.05, 3.63) is 0 Å². The molecule has 2 aliphatic rings. The van der Waals surface area contributed by atoms with Crippen molar-refractivity contribution in [2.24, 2.45) is 0 Å². The average Bonchev–Trinajstić information content (AvgIpc) is 2.26. The molecule has 2 heterocycles. The minimum Gasteiger partial charge on any atom is -0.394 e. The maximum absolute atomic E-state index is 10.7. The fraction of sp³-hybridized carbons (Fsp3) is 0.833. The summed E-state index contributed by atoms with van der Waals surface area (Å²) >= 11 is 0. The number of carbonyl (C=O) groups excluding carboxylic acids is 1. The molecule has 2 fully saturated rings. The van der Waals surface area contributed by atoms with Gasteiger partial charge in [0.1, 0.15) is 12.3 Å². The summed E-state index contributed by atoms with van der Waals surface area (Å²) in [6, 6.07) is 0. The van der Waals surface area contributed by atoms with E-state index in [9.17, 15) is 4.79 Å². The average molecular weight is 143 g/mol. The molecule has 0 aromatic heterocycles. The number of fused-ring (bicyclic) bond motifs is 1. The van der Waals surface area contributed by atoms with Crippen LogP contribution in [-0.4, -0.2) is 41.4 Å². The molecule has 0 radical (unpaired) electrons. The van der Waals surface area contributed by atoms with Gasteiger partial charge in [-0.25, -0.2) is 0 Å². The Morgan fingerprint density at radius 3 is 3.10 bits per heavy atom. The summed E-state index contributed by atoms with van der Waals surface area (Å²) < 4.78 is 5.24. The van der Waals surface area contributed by atoms with Gasteiger partial charge in [-0.05, 0) is 0 Å². The van der Waals surface area contributed by atoms with Gasteiger partial charge in [0, 0.05) is 0 Å². The summed E-state index contributed by atoms with van der Waals surface area (Å²) in [4.78, 5) is 12.4. The summed E-state index contributed by atoms with van der Waals surface area (Å²) in [6.07, 6.45) is 0.331. The van der Waals surface area contributed by atoms with Gasteiger partial charge >= 0.3 is 0 Å².